The van der Waals surface area contributed by atoms with Gasteiger partial charge in [-0.1, -0.05) is 26.0 Å². The normalized spacial score (nSPS) is 10.7. The molecule has 0 heterocycles. The average molecular weight is 236 g/mol. The van der Waals surface area contributed by atoms with Gasteiger partial charge in [-0.3, -0.25) is 0 Å². The van der Waals surface area contributed by atoms with E-state index in [2.05, 4.69) is 13.8 Å². The monoisotopic (exact) mass is 236 g/mol. The smallest absolute Gasteiger partial charge is 0.344 e. The number of carbonyl (C=O) groups is 1. The van der Waals surface area contributed by atoms with Gasteiger partial charge in [0.15, 0.2) is 6.61 Å². The lowest BCUT2D eigenvalue weighted by molar-refractivity contribution is -0.149. The maximum Gasteiger partial charge on any atom is 0.344 e. The van der Waals surface area contributed by atoms with Crippen LogP contribution < -0.4 is 4.74 Å². The van der Waals surface area contributed by atoms with Gasteiger partial charge in [0.2, 0.25) is 0 Å². The van der Waals surface area contributed by atoms with Gasteiger partial charge in [0.25, 0.3) is 0 Å². The van der Waals surface area contributed by atoms with Crippen molar-refractivity contribution in [3.8, 4) is 5.75 Å². The van der Waals surface area contributed by atoms with Gasteiger partial charge in [0.1, 0.15) is 5.75 Å². The first-order valence-electron chi connectivity index (χ1n) is 5.91. The number of hydrogen-bond donors (Lipinski definition) is 0. The topological polar surface area (TPSA) is 35.5 Å². The zero-order valence-corrected chi connectivity index (χ0v) is 10.9. The molecule has 0 saturated heterocycles. The average Bonchev–Trinajstić information content (AvgIpc) is 2.26. The van der Waals surface area contributed by atoms with E-state index in [0.717, 1.165) is 0 Å². The summed E-state index contributed by atoms with van der Waals surface area (Å²) in [6.07, 6.45) is -0.102. The minimum absolute atomic E-state index is 0.0425. The zero-order chi connectivity index (χ0) is 12.8. The summed E-state index contributed by atoms with van der Waals surface area (Å²) < 4.78 is 10.3. The lowest BCUT2D eigenvalue weighted by Crippen LogP contribution is -2.18. The van der Waals surface area contributed by atoms with Gasteiger partial charge in [-0.2, -0.15) is 0 Å². The molecule has 0 radical (unpaired) electrons. The lowest BCUT2D eigenvalue weighted by Gasteiger charge is -2.10. The summed E-state index contributed by atoms with van der Waals surface area (Å²) in [7, 11) is 0. The van der Waals surface area contributed by atoms with Gasteiger partial charge < -0.3 is 9.47 Å². The Hall–Kier alpha value is -1.51. The molecule has 0 aromatic heterocycles. The molecule has 0 spiro atoms. The molecule has 0 aliphatic heterocycles. The third-order valence-electron chi connectivity index (χ3n) is 2.27. The SMILES string of the molecule is CC(C)OC(=O)COc1ccc(C(C)C)cc1. The van der Waals surface area contributed by atoms with Crippen LogP contribution in [0.15, 0.2) is 24.3 Å². The van der Waals surface area contributed by atoms with Gasteiger partial charge in [-0.05, 0) is 37.5 Å². The van der Waals surface area contributed by atoms with Crippen molar-refractivity contribution in [2.75, 3.05) is 6.61 Å². The summed E-state index contributed by atoms with van der Waals surface area (Å²) in [5.74, 6) is 0.845. The minimum atomic E-state index is -0.340. The highest BCUT2D eigenvalue weighted by molar-refractivity contribution is 5.71. The molecular weight excluding hydrogens is 216 g/mol. The molecular formula is C14H20O3. The highest BCUT2D eigenvalue weighted by atomic mass is 16.6. The number of esters is 1. The van der Waals surface area contributed by atoms with Crippen LogP contribution in [0.1, 0.15) is 39.2 Å². The highest BCUT2D eigenvalue weighted by Gasteiger charge is 2.06. The number of hydrogen-bond acceptors (Lipinski definition) is 3. The molecule has 0 unspecified atom stereocenters. The van der Waals surface area contributed by atoms with Crippen LogP contribution >= 0.6 is 0 Å². The first-order valence-corrected chi connectivity index (χ1v) is 5.91. The van der Waals surface area contributed by atoms with Gasteiger partial charge in [-0.15, -0.1) is 0 Å². The number of carbonyl (C=O) groups excluding carboxylic acids is 1. The summed E-state index contributed by atoms with van der Waals surface area (Å²) >= 11 is 0. The third kappa shape index (κ3) is 4.89. The van der Waals surface area contributed by atoms with Crippen molar-refractivity contribution in [1.82, 2.24) is 0 Å². The molecule has 0 aliphatic rings. The van der Waals surface area contributed by atoms with Crippen molar-refractivity contribution in [1.29, 1.82) is 0 Å². The van der Waals surface area contributed by atoms with Crippen LogP contribution in [0.25, 0.3) is 0 Å². The first kappa shape index (κ1) is 13.6. The van der Waals surface area contributed by atoms with Gasteiger partial charge in [0.05, 0.1) is 6.10 Å². The van der Waals surface area contributed by atoms with E-state index >= 15 is 0 Å². The molecule has 3 nitrogen and oxygen atoms in total. The Morgan fingerprint density at radius 1 is 1.12 bits per heavy atom. The molecule has 0 saturated carbocycles. The van der Waals surface area contributed by atoms with E-state index in [1.807, 2.05) is 38.1 Å². The zero-order valence-electron chi connectivity index (χ0n) is 10.9. The lowest BCUT2D eigenvalue weighted by atomic mass is 10.0. The molecule has 1 aromatic rings. The van der Waals surface area contributed by atoms with Crippen molar-refractivity contribution >= 4 is 5.97 Å². The van der Waals surface area contributed by atoms with Crippen LogP contribution in [0.4, 0.5) is 0 Å². The molecule has 1 aromatic carbocycles. The second-order valence-corrected chi connectivity index (χ2v) is 4.55. The predicted molar refractivity (Wildman–Crippen MR) is 67.3 cm³/mol. The van der Waals surface area contributed by atoms with Crippen LogP contribution in [0, 0.1) is 0 Å². The molecule has 0 N–H and O–H groups in total. The Morgan fingerprint density at radius 2 is 1.71 bits per heavy atom. The van der Waals surface area contributed by atoms with E-state index in [1.54, 1.807) is 0 Å². The molecule has 3 heteroatoms. The minimum Gasteiger partial charge on any atom is -0.482 e. The molecule has 0 bridgehead atoms. The van der Waals surface area contributed by atoms with Crippen LogP contribution in [0.2, 0.25) is 0 Å². The molecule has 1 rings (SSSR count). The van der Waals surface area contributed by atoms with Gasteiger partial charge in [0, 0.05) is 0 Å². The molecule has 94 valence electrons. The fourth-order valence-electron chi connectivity index (χ4n) is 1.39. The summed E-state index contributed by atoms with van der Waals surface area (Å²) in [6, 6.07) is 7.76. The van der Waals surface area contributed by atoms with E-state index in [0.29, 0.717) is 11.7 Å². The Balaban J connectivity index is 2.44. The number of rotatable bonds is 5. The fourth-order valence-corrected chi connectivity index (χ4v) is 1.39. The standard InChI is InChI=1S/C14H20O3/c1-10(2)12-5-7-13(8-6-12)16-9-14(15)17-11(3)4/h5-8,10-11H,9H2,1-4H3. The Labute approximate surface area is 103 Å². The van der Waals surface area contributed by atoms with Crippen molar-refractivity contribution < 1.29 is 14.3 Å². The second kappa shape index (κ2) is 6.28. The predicted octanol–water partition coefficient (Wildman–Crippen LogP) is 3.14. The Bertz CT molecular complexity index is 352. The highest BCUT2D eigenvalue weighted by Crippen LogP contribution is 2.18. The molecule has 17 heavy (non-hydrogen) atoms. The van der Waals surface area contributed by atoms with Crippen molar-refractivity contribution in [3.05, 3.63) is 29.8 Å². The largest absolute Gasteiger partial charge is 0.482 e. The quantitative estimate of drug-likeness (QED) is 0.737. The summed E-state index contributed by atoms with van der Waals surface area (Å²) in [5.41, 5.74) is 1.25. The summed E-state index contributed by atoms with van der Waals surface area (Å²) in [4.78, 5) is 11.3. The fraction of sp³-hybridized carbons (Fsp3) is 0.500. The molecule has 0 amide bonds. The number of ether oxygens (including phenoxy) is 2. The van der Waals surface area contributed by atoms with E-state index in [-0.39, 0.29) is 18.7 Å². The molecule has 0 aliphatic carbocycles. The summed E-state index contributed by atoms with van der Waals surface area (Å²) in [6.45, 7) is 7.86. The van der Waals surface area contributed by atoms with Crippen molar-refractivity contribution in [2.24, 2.45) is 0 Å². The number of benzene rings is 1. The Morgan fingerprint density at radius 3 is 2.18 bits per heavy atom. The third-order valence-corrected chi connectivity index (χ3v) is 2.27. The summed E-state index contributed by atoms with van der Waals surface area (Å²) in [5, 5.41) is 0. The maximum absolute atomic E-state index is 11.3. The van der Waals surface area contributed by atoms with Crippen LogP contribution in [-0.4, -0.2) is 18.7 Å². The van der Waals surface area contributed by atoms with Gasteiger partial charge >= 0.3 is 5.97 Å². The van der Waals surface area contributed by atoms with Crippen molar-refractivity contribution in [3.63, 3.8) is 0 Å². The maximum atomic E-state index is 11.3. The Kier molecular flexibility index (Phi) is 5.01. The van der Waals surface area contributed by atoms with Crippen LogP contribution in [0.3, 0.4) is 0 Å². The first-order chi connectivity index (χ1) is 7.99. The van der Waals surface area contributed by atoms with Crippen LogP contribution in [0.5, 0.6) is 5.75 Å². The van der Waals surface area contributed by atoms with Crippen LogP contribution in [-0.2, 0) is 9.53 Å². The van der Waals surface area contributed by atoms with E-state index in [4.69, 9.17) is 9.47 Å². The molecule has 0 atom stereocenters. The van der Waals surface area contributed by atoms with E-state index < -0.39 is 0 Å². The molecule has 0 fully saturated rings. The van der Waals surface area contributed by atoms with E-state index in [1.165, 1.54) is 5.56 Å². The van der Waals surface area contributed by atoms with Crippen molar-refractivity contribution in [2.45, 2.75) is 39.7 Å². The second-order valence-electron chi connectivity index (χ2n) is 4.55. The van der Waals surface area contributed by atoms with Gasteiger partial charge in [-0.25, -0.2) is 4.79 Å². The van der Waals surface area contributed by atoms with E-state index in [9.17, 15) is 4.79 Å².